The van der Waals surface area contributed by atoms with Crippen molar-refractivity contribution in [3.8, 4) is 0 Å². The van der Waals surface area contributed by atoms with Gasteiger partial charge in [0.2, 0.25) is 10.0 Å². The number of hydrogen-bond donors (Lipinski definition) is 0. The third-order valence-corrected chi connectivity index (χ3v) is 7.71. The molecule has 1 saturated heterocycles. The third kappa shape index (κ3) is 4.17. The number of benzene rings is 1. The molecular weight excluding hydrogens is 415 g/mol. The van der Waals surface area contributed by atoms with Crippen LogP contribution in [0.3, 0.4) is 0 Å². The van der Waals surface area contributed by atoms with Gasteiger partial charge in [0.15, 0.2) is 0 Å². The maximum absolute atomic E-state index is 14.0. The quantitative estimate of drug-likeness (QED) is 0.680. The van der Waals surface area contributed by atoms with E-state index in [-0.39, 0.29) is 28.7 Å². The molecular formula is C17H18ClFN2O4S2. The van der Waals surface area contributed by atoms with Gasteiger partial charge in [-0.25, -0.2) is 17.6 Å². The lowest BCUT2D eigenvalue weighted by Gasteiger charge is -2.34. The minimum absolute atomic E-state index is 0.0371. The minimum Gasteiger partial charge on any atom is -0.465 e. The second-order valence-electron chi connectivity index (χ2n) is 5.99. The van der Waals surface area contributed by atoms with Crippen molar-refractivity contribution < 1.29 is 22.3 Å². The number of carbonyl (C=O) groups excluding carboxylic acids is 1. The number of rotatable bonds is 5. The first-order chi connectivity index (χ1) is 12.8. The van der Waals surface area contributed by atoms with Crippen LogP contribution in [0.15, 0.2) is 34.5 Å². The predicted molar refractivity (Wildman–Crippen MR) is 101 cm³/mol. The van der Waals surface area contributed by atoms with Crippen LogP contribution >= 0.6 is 22.9 Å². The lowest BCUT2D eigenvalue weighted by molar-refractivity contribution is 0.0602. The fraction of sp³-hybridized carbons (Fsp3) is 0.353. The van der Waals surface area contributed by atoms with E-state index in [1.807, 2.05) is 4.90 Å². The summed E-state index contributed by atoms with van der Waals surface area (Å²) in [7, 11) is -2.59. The smallest absolute Gasteiger partial charge is 0.349 e. The molecule has 1 aromatic carbocycles. The molecule has 1 aliphatic heterocycles. The van der Waals surface area contributed by atoms with Crippen LogP contribution in [0, 0.1) is 5.82 Å². The maximum atomic E-state index is 14.0. The Morgan fingerprint density at radius 3 is 2.59 bits per heavy atom. The van der Waals surface area contributed by atoms with E-state index >= 15 is 0 Å². The van der Waals surface area contributed by atoms with Gasteiger partial charge in [0.05, 0.1) is 7.11 Å². The van der Waals surface area contributed by atoms with Crippen LogP contribution in [0.4, 0.5) is 4.39 Å². The Balaban J connectivity index is 1.70. The van der Waals surface area contributed by atoms with E-state index in [0.717, 1.165) is 11.3 Å². The Hall–Kier alpha value is -1.52. The standard InChI is InChI=1S/C17H18ClFN2O4S2/c1-25-17(22)16-15(5-10-26-16)27(23,24)21-8-6-20(7-9-21)11-12-13(18)3-2-4-14(12)19/h2-5,10H,6-9,11H2,1H3. The van der Waals surface area contributed by atoms with Gasteiger partial charge in [-0.3, -0.25) is 4.90 Å². The van der Waals surface area contributed by atoms with Crippen LogP contribution in [0.5, 0.6) is 0 Å². The summed E-state index contributed by atoms with van der Waals surface area (Å²) < 4.78 is 45.7. The first kappa shape index (κ1) is 20.2. The molecule has 2 aromatic rings. The molecule has 3 rings (SSSR count). The van der Waals surface area contributed by atoms with E-state index < -0.39 is 16.0 Å². The average molecular weight is 433 g/mol. The summed E-state index contributed by atoms with van der Waals surface area (Å²) in [5.74, 6) is -1.05. The van der Waals surface area contributed by atoms with Gasteiger partial charge in [0, 0.05) is 43.3 Å². The van der Waals surface area contributed by atoms with Crippen LogP contribution in [-0.2, 0) is 21.3 Å². The molecule has 0 bridgehead atoms. The van der Waals surface area contributed by atoms with Crippen LogP contribution < -0.4 is 0 Å². The highest BCUT2D eigenvalue weighted by Gasteiger charge is 2.33. The number of piperazine rings is 1. The van der Waals surface area contributed by atoms with Crippen LogP contribution in [0.25, 0.3) is 0 Å². The van der Waals surface area contributed by atoms with Gasteiger partial charge in [-0.05, 0) is 23.6 Å². The molecule has 10 heteroatoms. The number of esters is 1. The summed E-state index contributed by atoms with van der Waals surface area (Å²) >= 11 is 7.09. The van der Waals surface area contributed by atoms with Crippen molar-refractivity contribution >= 4 is 38.9 Å². The van der Waals surface area contributed by atoms with E-state index in [4.69, 9.17) is 11.6 Å². The summed E-state index contributed by atoms with van der Waals surface area (Å²) in [6.45, 7) is 1.66. The van der Waals surface area contributed by atoms with E-state index in [9.17, 15) is 17.6 Å². The predicted octanol–water partition coefficient (Wildman–Crippen LogP) is 2.83. The Labute approximate surface area is 166 Å². The number of ether oxygens (including phenoxy) is 1. The van der Waals surface area contributed by atoms with Gasteiger partial charge in [0.1, 0.15) is 15.6 Å². The Kier molecular flexibility index (Phi) is 6.17. The van der Waals surface area contributed by atoms with Crippen LogP contribution in [0.2, 0.25) is 5.02 Å². The normalized spacial score (nSPS) is 16.4. The molecule has 0 N–H and O–H groups in total. The maximum Gasteiger partial charge on any atom is 0.349 e. The van der Waals surface area contributed by atoms with Gasteiger partial charge < -0.3 is 4.74 Å². The molecule has 0 unspecified atom stereocenters. The zero-order valence-corrected chi connectivity index (χ0v) is 16.9. The highest BCUT2D eigenvalue weighted by atomic mass is 35.5. The lowest BCUT2D eigenvalue weighted by atomic mass is 10.2. The molecule has 0 atom stereocenters. The van der Waals surface area contributed by atoms with Crippen LogP contribution in [-0.4, -0.2) is 56.9 Å². The Bertz CT molecular complexity index is 920. The fourth-order valence-electron chi connectivity index (χ4n) is 2.92. The van der Waals surface area contributed by atoms with Crippen molar-refractivity contribution in [1.82, 2.24) is 9.21 Å². The second-order valence-corrected chi connectivity index (χ2v) is 9.22. The Morgan fingerprint density at radius 1 is 1.26 bits per heavy atom. The van der Waals surface area contributed by atoms with Gasteiger partial charge in [0.25, 0.3) is 0 Å². The summed E-state index contributed by atoms with van der Waals surface area (Å²) in [6.07, 6.45) is 0. The number of thiophene rings is 1. The lowest BCUT2D eigenvalue weighted by Crippen LogP contribution is -2.48. The first-order valence-electron chi connectivity index (χ1n) is 8.16. The molecule has 0 saturated carbocycles. The zero-order chi connectivity index (χ0) is 19.6. The topological polar surface area (TPSA) is 66.9 Å². The number of methoxy groups -OCH3 is 1. The molecule has 0 spiro atoms. The van der Waals surface area contributed by atoms with Crippen molar-refractivity contribution in [2.24, 2.45) is 0 Å². The molecule has 0 radical (unpaired) electrons. The highest BCUT2D eigenvalue weighted by Crippen LogP contribution is 2.27. The zero-order valence-electron chi connectivity index (χ0n) is 14.5. The summed E-state index contributed by atoms with van der Waals surface area (Å²) in [5.41, 5.74) is 0.404. The van der Waals surface area contributed by atoms with Crippen LogP contribution in [0.1, 0.15) is 15.2 Å². The van der Waals surface area contributed by atoms with Crippen molar-refractivity contribution in [3.63, 3.8) is 0 Å². The van der Waals surface area contributed by atoms with Gasteiger partial charge >= 0.3 is 5.97 Å². The van der Waals surface area contributed by atoms with E-state index in [1.165, 1.54) is 23.5 Å². The van der Waals surface area contributed by atoms with Crippen molar-refractivity contribution in [2.75, 3.05) is 33.3 Å². The van der Waals surface area contributed by atoms with E-state index in [2.05, 4.69) is 4.74 Å². The summed E-state index contributed by atoms with van der Waals surface area (Å²) in [4.78, 5) is 13.8. The molecule has 6 nitrogen and oxygen atoms in total. The number of sulfonamides is 1. The molecule has 2 heterocycles. The van der Waals surface area contributed by atoms with Crippen molar-refractivity contribution in [1.29, 1.82) is 0 Å². The highest BCUT2D eigenvalue weighted by molar-refractivity contribution is 7.89. The van der Waals surface area contributed by atoms with Crippen molar-refractivity contribution in [3.05, 3.63) is 50.9 Å². The molecule has 0 amide bonds. The van der Waals surface area contributed by atoms with E-state index in [1.54, 1.807) is 17.5 Å². The molecule has 1 aliphatic rings. The molecule has 0 aliphatic carbocycles. The minimum atomic E-state index is -3.80. The van der Waals surface area contributed by atoms with Gasteiger partial charge in [-0.2, -0.15) is 4.31 Å². The molecule has 146 valence electrons. The number of hydrogen-bond acceptors (Lipinski definition) is 6. The SMILES string of the molecule is COC(=O)c1sccc1S(=O)(=O)N1CCN(Cc2c(F)cccc2Cl)CC1. The summed E-state index contributed by atoms with van der Waals surface area (Å²) in [5, 5.41) is 1.90. The largest absolute Gasteiger partial charge is 0.465 e. The first-order valence-corrected chi connectivity index (χ1v) is 10.9. The number of nitrogens with zero attached hydrogens (tertiary/aromatic N) is 2. The van der Waals surface area contributed by atoms with E-state index in [0.29, 0.717) is 30.2 Å². The van der Waals surface area contributed by atoms with Crippen molar-refractivity contribution in [2.45, 2.75) is 11.4 Å². The monoisotopic (exact) mass is 432 g/mol. The Morgan fingerprint density at radius 2 is 1.96 bits per heavy atom. The fourth-order valence-corrected chi connectivity index (χ4v) is 5.87. The number of carbonyl (C=O) groups is 1. The van der Waals surface area contributed by atoms with Gasteiger partial charge in [-0.1, -0.05) is 17.7 Å². The molecule has 1 fully saturated rings. The average Bonchev–Trinajstić information content (AvgIpc) is 3.15. The second kappa shape index (κ2) is 8.24. The molecule has 1 aromatic heterocycles. The van der Waals surface area contributed by atoms with Gasteiger partial charge in [-0.15, -0.1) is 11.3 Å². The molecule has 27 heavy (non-hydrogen) atoms. The summed E-state index contributed by atoms with van der Waals surface area (Å²) in [6, 6.07) is 5.95. The number of halogens is 2. The third-order valence-electron chi connectivity index (χ3n) is 4.39.